The summed E-state index contributed by atoms with van der Waals surface area (Å²) < 4.78 is 27.5. The highest BCUT2D eigenvalue weighted by atomic mass is 32.2. The maximum atomic E-state index is 13.0. The molecule has 0 saturated carbocycles. The number of quaternary nitrogens is 1. The first kappa shape index (κ1) is 22.9. The van der Waals surface area contributed by atoms with Gasteiger partial charge in [-0.05, 0) is 43.5 Å². The number of nitro benzene ring substituents is 1. The number of piperazine rings is 1. The highest BCUT2D eigenvalue weighted by Crippen LogP contribution is 2.22. The summed E-state index contributed by atoms with van der Waals surface area (Å²) in [6.45, 7) is 7.25. The lowest BCUT2D eigenvalue weighted by Gasteiger charge is -2.31. The lowest BCUT2D eigenvalue weighted by atomic mass is 10.2. The number of rotatable bonds is 6. The summed E-state index contributed by atoms with van der Waals surface area (Å²) in [6.07, 6.45) is 0. The highest BCUT2D eigenvalue weighted by molar-refractivity contribution is 7.89. The van der Waals surface area contributed by atoms with Crippen molar-refractivity contribution in [2.75, 3.05) is 38.0 Å². The normalized spacial score (nSPS) is 15.6. The number of amides is 1. The standard InChI is InChI=1S/C21H26N4O5S/c1-15-4-5-17(3)20(12-15)31(29,30)24-10-8-23(9-11-24)14-21(26)22-19-13-18(25(27)28)7-6-16(19)2/h4-7,12-13H,8-11,14H2,1-3H3,(H,22,26)/p+1. The number of hydrogen-bond donors (Lipinski definition) is 2. The average molecular weight is 448 g/mol. The fourth-order valence-corrected chi connectivity index (χ4v) is 5.37. The van der Waals surface area contributed by atoms with Crippen molar-refractivity contribution < 1.29 is 23.0 Å². The van der Waals surface area contributed by atoms with Gasteiger partial charge in [0.1, 0.15) is 0 Å². The van der Waals surface area contributed by atoms with Gasteiger partial charge in [0.25, 0.3) is 11.6 Å². The van der Waals surface area contributed by atoms with Crippen LogP contribution < -0.4 is 10.2 Å². The maximum Gasteiger partial charge on any atom is 0.279 e. The summed E-state index contributed by atoms with van der Waals surface area (Å²) in [5, 5.41) is 13.7. The van der Waals surface area contributed by atoms with Crippen LogP contribution in [0.1, 0.15) is 16.7 Å². The minimum Gasteiger partial charge on any atom is -0.325 e. The number of anilines is 1. The molecule has 1 aliphatic heterocycles. The third-order valence-corrected chi connectivity index (χ3v) is 7.55. The van der Waals surface area contributed by atoms with Gasteiger partial charge in [-0.15, -0.1) is 0 Å². The Kier molecular flexibility index (Phi) is 6.73. The van der Waals surface area contributed by atoms with Crippen molar-refractivity contribution in [2.24, 2.45) is 0 Å². The lowest BCUT2D eigenvalue weighted by molar-refractivity contribution is -0.895. The van der Waals surface area contributed by atoms with Gasteiger partial charge >= 0.3 is 0 Å². The van der Waals surface area contributed by atoms with E-state index in [-0.39, 0.29) is 18.1 Å². The highest BCUT2D eigenvalue weighted by Gasteiger charge is 2.32. The molecule has 2 N–H and O–H groups in total. The van der Waals surface area contributed by atoms with Crippen LogP contribution in [0.3, 0.4) is 0 Å². The van der Waals surface area contributed by atoms with Crippen LogP contribution in [-0.4, -0.2) is 56.3 Å². The van der Waals surface area contributed by atoms with Crippen molar-refractivity contribution in [3.05, 3.63) is 63.2 Å². The molecule has 9 nitrogen and oxygen atoms in total. The number of carbonyl (C=O) groups is 1. The Labute approximate surface area is 181 Å². The van der Waals surface area contributed by atoms with E-state index in [9.17, 15) is 23.3 Å². The topological polar surface area (TPSA) is 114 Å². The van der Waals surface area contributed by atoms with Gasteiger partial charge in [-0.25, -0.2) is 8.42 Å². The minimum atomic E-state index is -3.58. The fourth-order valence-electron chi connectivity index (χ4n) is 3.62. The summed E-state index contributed by atoms with van der Waals surface area (Å²) in [4.78, 5) is 24.2. The van der Waals surface area contributed by atoms with Gasteiger partial charge < -0.3 is 10.2 Å². The van der Waals surface area contributed by atoms with Gasteiger partial charge in [-0.1, -0.05) is 18.2 Å². The summed E-state index contributed by atoms with van der Waals surface area (Å²) in [6, 6.07) is 9.72. The van der Waals surface area contributed by atoms with Crippen LogP contribution in [0.4, 0.5) is 11.4 Å². The quantitative estimate of drug-likeness (QED) is 0.508. The zero-order valence-corrected chi connectivity index (χ0v) is 18.7. The first-order valence-corrected chi connectivity index (χ1v) is 11.5. The molecule has 166 valence electrons. The second kappa shape index (κ2) is 9.13. The molecule has 1 saturated heterocycles. The van der Waals surface area contributed by atoms with Crippen molar-refractivity contribution in [3.8, 4) is 0 Å². The molecule has 0 aliphatic carbocycles. The maximum absolute atomic E-state index is 13.0. The SMILES string of the molecule is Cc1ccc(C)c(S(=O)(=O)N2CC[NH+](CC(=O)Nc3cc([N+](=O)[O-])ccc3C)CC2)c1. The molecular weight excluding hydrogens is 420 g/mol. The molecule has 0 unspecified atom stereocenters. The van der Waals surface area contributed by atoms with Gasteiger partial charge in [-0.2, -0.15) is 4.31 Å². The van der Waals surface area contributed by atoms with Crippen molar-refractivity contribution in [2.45, 2.75) is 25.7 Å². The van der Waals surface area contributed by atoms with Gasteiger partial charge in [0.15, 0.2) is 6.54 Å². The summed E-state index contributed by atoms with van der Waals surface area (Å²) in [7, 11) is -3.58. The molecule has 0 atom stereocenters. The number of benzene rings is 2. The summed E-state index contributed by atoms with van der Waals surface area (Å²) in [5.74, 6) is -0.260. The van der Waals surface area contributed by atoms with E-state index >= 15 is 0 Å². The van der Waals surface area contributed by atoms with E-state index in [0.717, 1.165) is 16.0 Å². The predicted molar refractivity (Wildman–Crippen MR) is 117 cm³/mol. The van der Waals surface area contributed by atoms with Crippen LogP contribution >= 0.6 is 0 Å². The van der Waals surface area contributed by atoms with Gasteiger partial charge in [-0.3, -0.25) is 14.9 Å². The Hall–Kier alpha value is -2.82. The van der Waals surface area contributed by atoms with Crippen molar-refractivity contribution in [3.63, 3.8) is 0 Å². The zero-order valence-electron chi connectivity index (χ0n) is 17.8. The summed E-state index contributed by atoms with van der Waals surface area (Å²) in [5.41, 5.74) is 2.67. The van der Waals surface area contributed by atoms with Crippen LogP contribution in [0.15, 0.2) is 41.3 Å². The van der Waals surface area contributed by atoms with Gasteiger partial charge in [0.2, 0.25) is 10.0 Å². The number of aryl methyl sites for hydroxylation is 3. The van der Waals surface area contributed by atoms with Gasteiger partial charge in [0.05, 0.1) is 41.7 Å². The lowest BCUT2D eigenvalue weighted by Crippen LogP contribution is -3.15. The Bertz CT molecular complexity index is 1110. The first-order valence-electron chi connectivity index (χ1n) is 10.0. The van der Waals surface area contributed by atoms with E-state index in [1.165, 1.54) is 16.4 Å². The van der Waals surface area contributed by atoms with Crippen LogP contribution in [0.5, 0.6) is 0 Å². The fraction of sp³-hybridized carbons (Fsp3) is 0.381. The zero-order chi connectivity index (χ0) is 22.8. The third-order valence-electron chi connectivity index (χ3n) is 5.51. The number of non-ortho nitro benzene ring substituents is 1. The first-order chi connectivity index (χ1) is 14.6. The molecule has 0 aromatic heterocycles. The molecular formula is C21H27N4O5S+. The molecule has 10 heteroatoms. The number of hydrogen-bond acceptors (Lipinski definition) is 5. The number of sulfonamides is 1. The van der Waals surface area contributed by atoms with Crippen molar-refractivity contribution >= 4 is 27.3 Å². The third kappa shape index (κ3) is 5.27. The average Bonchev–Trinajstić information content (AvgIpc) is 2.71. The smallest absolute Gasteiger partial charge is 0.279 e. The van der Waals surface area contributed by atoms with Crippen LogP contribution in [-0.2, 0) is 14.8 Å². The Morgan fingerprint density at radius 1 is 1.10 bits per heavy atom. The minimum absolute atomic E-state index is 0.0847. The van der Waals surface area contributed by atoms with Crippen LogP contribution in [0, 0.1) is 30.9 Å². The molecule has 1 aliphatic rings. The van der Waals surface area contributed by atoms with Crippen molar-refractivity contribution in [1.29, 1.82) is 0 Å². The van der Waals surface area contributed by atoms with Crippen LogP contribution in [0.25, 0.3) is 0 Å². The molecule has 1 fully saturated rings. The Morgan fingerprint density at radius 3 is 2.39 bits per heavy atom. The van der Waals surface area contributed by atoms with Crippen molar-refractivity contribution in [1.82, 2.24) is 4.31 Å². The second-order valence-corrected chi connectivity index (χ2v) is 9.81. The molecule has 2 aromatic carbocycles. The number of nitrogens with zero attached hydrogens (tertiary/aromatic N) is 2. The van der Waals surface area contributed by atoms with E-state index in [1.807, 2.05) is 19.1 Å². The molecule has 0 radical (unpaired) electrons. The summed E-state index contributed by atoms with van der Waals surface area (Å²) >= 11 is 0. The van der Waals surface area contributed by atoms with E-state index in [4.69, 9.17) is 0 Å². The predicted octanol–water partition coefficient (Wildman–Crippen LogP) is 1.05. The molecule has 31 heavy (non-hydrogen) atoms. The van der Waals surface area contributed by atoms with Crippen LogP contribution in [0.2, 0.25) is 0 Å². The molecule has 3 rings (SSSR count). The Balaban J connectivity index is 1.60. The van der Waals surface area contributed by atoms with E-state index in [2.05, 4.69) is 5.32 Å². The number of nitrogens with one attached hydrogen (secondary N) is 2. The molecule has 1 heterocycles. The molecule has 1 amide bonds. The number of carbonyl (C=O) groups excluding carboxylic acids is 1. The monoisotopic (exact) mass is 447 g/mol. The molecule has 0 bridgehead atoms. The number of nitro groups is 1. The largest absolute Gasteiger partial charge is 0.325 e. The van der Waals surface area contributed by atoms with Gasteiger partial charge in [0, 0.05) is 12.1 Å². The second-order valence-electron chi connectivity index (χ2n) is 7.90. The van der Waals surface area contributed by atoms with E-state index in [1.54, 1.807) is 26.0 Å². The Morgan fingerprint density at radius 2 is 1.74 bits per heavy atom. The molecule has 0 spiro atoms. The van der Waals surface area contributed by atoms with E-state index in [0.29, 0.717) is 42.3 Å². The van der Waals surface area contributed by atoms with E-state index < -0.39 is 14.9 Å². The molecule has 2 aromatic rings.